The third kappa shape index (κ3) is 3.16. The molecule has 0 fully saturated rings. The van der Waals surface area contributed by atoms with Crippen molar-refractivity contribution in [3.05, 3.63) is 71.5 Å². The van der Waals surface area contributed by atoms with Crippen LogP contribution in [0.25, 0.3) is 11.0 Å². The maximum absolute atomic E-state index is 12.1. The van der Waals surface area contributed by atoms with E-state index < -0.39 is 0 Å². The summed E-state index contributed by atoms with van der Waals surface area (Å²) < 4.78 is 5.54. The Morgan fingerprint density at radius 1 is 1.05 bits per heavy atom. The monoisotopic (exact) mass is 343 g/mol. The molecule has 0 aliphatic heterocycles. The molecule has 1 heterocycles. The minimum Gasteiger partial charge on any atom is -0.451 e. The number of hydrogen-bond donors (Lipinski definition) is 1. The molecule has 0 spiro atoms. The fourth-order valence-corrected chi connectivity index (χ4v) is 2.53. The second kappa shape index (κ2) is 6.14. The fourth-order valence-electron chi connectivity index (χ4n) is 2.19. The highest BCUT2D eigenvalue weighted by atomic mass is 79.9. The first-order valence-corrected chi connectivity index (χ1v) is 7.79. The van der Waals surface area contributed by atoms with Crippen molar-refractivity contribution in [2.45, 2.75) is 11.9 Å². The first kappa shape index (κ1) is 13.9. The first-order chi connectivity index (χ1) is 10.3. The topological polar surface area (TPSA) is 42.2 Å². The second-order valence-corrected chi connectivity index (χ2v) is 5.35. The Hall–Kier alpha value is -2.07. The van der Waals surface area contributed by atoms with Gasteiger partial charge < -0.3 is 9.73 Å². The molecule has 21 heavy (non-hydrogen) atoms. The molecule has 3 aromatic rings. The molecule has 3 rings (SSSR count). The van der Waals surface area contributed by atoms with Crippen LogP contribution in [0.1, 0.15) is 21.7 Å². The van der Waals surface area contributed by atoms with Crippen molar-refractivity contribution in [1.82, 2.24) is 5.32 Å². The van der Waals surface area contributed by atoms with Crippen molar-refractivity contribution in [2.24, 2.45) is 0 Å². The molecule has 4 heteroatoms. The minimum absolute atomic E-state index is 0.199. The van der Waals surface area contributed by atoms with Crippen LogP contribution in [0, 0.1) is 0 Å². The zero-order chi connectivity index (χ0) is 14.7. The van der Waals surface area contributed by atoms with Crippen molar-refractivity contribution >= 4 is 32.8 Å². The van der Waals surface area contributed by atoms with E-state index in [0.29, 0.717) is 12.3 Å². The highest BCUT2D eigenvalue weighted by Gasteiger charge is 2.11. The first-order valence-electron chi connectivity index (χ1n) is 6.67. The molecule has 0 atom stereocenters. The Balaban J connectivity index is 1.71. The van der Waals surface area contributed by atoms with Gasteiger partial charge in [-0.15, -0.1) is 0 Å². The van der Waals surface area contributed by atoms with Crippen molar-refractivity contribution in [2.75, 3.05) is 0 Å². The Kier molecular flexibility index (Phi) is 4.06. The van der Waals surface area contributed by atoms with Crippen LogP contribution in [-0.2, 0) is 11.9 Å². The van der Waals surface area contributed by atoms with Crippen LogP contribution in [-0.4, -0.2) is 5.91 Å². The normalized spacial score (nSPS) is 10.7. The van der Waals surface area contributed by atoms with Crippen LogP contribution in [0.2, 0.25) is 0 Å². The number of halogens is 1. The van der Waals surface area contributed by atoms with Crippen LogP contribution < -0.4 is 5.32 Å². The number of furan rings is 1. The number of carbonyl (C=O) groups is 1. The van der Waals surface area contributed by atoms with E-state index in [1.165, 1.54) is 5.56 Å². The average Bonchev–Trinajstić information content (AvgIpc) is 2.97. The molecule has 0 saturated heterocycles. The zero-order valence-corrected chi connectivity index (χ0v) is 12.9. The molecule has 3 nitrogen and oxygen atoms in total. The summed E-state index contributed by atoms with van der Waals surface area (Å²) in [5, 5.41) is 4.62. The number of hydrogen-bond acceptors (Lipinski definition) is 2. The summed E-state index contributed by atoms with van der Waals surface area (Å²) in [6.45, 7) is 0.483. The molecule has 0 unspecified atom stereocenters. The molecular formula is C17H14BrNO2. The molecule has 0 radical (unpaired) electrons. The number of carbonyl (C=O) groups excluding carboxylic acids is 1. The van der Waals surface area contributed by atoms with Crippen molar-refractivity contribution in [3.8, 4) is 0 Å². The molecule has 0 aliphatic carbocycles. The lowest BCUT2D eigenvalue weighted by molar-refractivity contribution is 0.0925. The van der Waals surface area contributed by atoms with E-state index in [-0.39, 0.29) is 5.91 Å². The summed E-state index contributed by atoms with van der Waals surface area (Å²) in [5.74, 6) is 0.142. The zero-order valence-electron chi connectivity index (χ0n) is 11.3. The summed E-state index contributed by atoms with van der Waals surface area (Å²) in [6, 6.07) is 17.4. The van der Waals surface area contributed by atoms with Crippen LogP contribution in [0.5, 0.6) is 0 Å². The number of benzene rings is 2. The van der Waals surface area contributed by atoms with E-state index in [0.717, 1.165) is 21.9 Å². The molecule has 0 bridgehead atoms. The predicted molar refractivity (Wildman–Crippen MR) is 86.5 cm³/mol. The molecule has 1 aromatic heterocycles. The second-order valence-electron chi connectivity index (χ2n) is 4.78. The van der Waals surface area contributed by atoms with E-state index in [4.69, 9.17) is 4.42 Å². The molecule has 0 saturated carbocycles. The van der Waals surface area contributed by atoms with Gasteiger partial charge in [-0.05, 0) is 23.3 Å². The number of nitrogens with one attached hydrogen (secondary N) is 1. The molecular weight excluding hydrogens is 330 g/mol. The van der Waals surface area contributed by atoms with Gasteiger partial charge in [0.25, 0.3) is 5.91 Å². The van der Waals surface area contributed by atoms with Crippen molar-refractivity contribution in [1.29, 1.82) is 0 Å². The number of fused-ring (bicyclic) bond motifs is 1. The molecule has 106 valence electrons. The lowest BCUT2D eigenvalue weighted by atomic mass is 10.1. The van der Waals surface area contributed by atoms with E-state index >= 15 is 0 Å². The van der Waals surface area contributed by atoms with E-state index in [9.17, 15) is 4.79 Å². The highest BCUT2D eigenvalue weighted by molar-refractivity contribution is 9.08. The van der Waals surface area contributed by atoms with Crippen molar-refractivity contribution in [3.63, 3.8) is 0 Å². The lowest BCUT2D eigenvalue weighted by Crippen LogP contribution is -2.22. The number of para-hydroxylation sites is 1. The van der Waals surface area contributed by atoms with Crippen LogP contribution >= 0.6 is 15.9 Å². The smallest absolute Gasteiger partial charge is 0.287 e. The highest BCUT2D eigenvalue weighted by Crippen LogP contribution is 2.18. The van der Waals surface area contributed by atoms with Gasteiger partial charge in [-0.25, -0.2) is 0 Å². The van der Waals surface area contributed by atoms with Crippen LogP contribution in [0.3, 0.4) is 0 Å². The number of alkyl halides is 1. The molecule has 1 amide bonds. The van der Waals surface area contributed by atoms with Gasteiger partial charge in [0.2, 0.25) is 0 Å². The van der Waals surface area contributed by atoms with E-state index in [2.05, 4.69) is 27.3 Å². The Labute approximate surface area is 131 Å². The standard InChI is InChI=1S/C17H14BrNO2/c18-10-12-4-3-5-13(8-12)11-19-17(20)16-9-14-6-1-2-7-15(14)21-16/h1-9H,10-11H2,(H,19,20). The van der Waals surface area contributed by atoms with Crippen LogP contribution in [0.4, 0.5) is 0 Å². The number of amides is 1. The Morgan fingerprint density at radius 3 is 2.67 bits per heavy atom. The van der Waals surface area contributed by atoms with Gasteiger partial charge in [-0.1, -0.05) is 58.4 Å². The maximum atomic E-state index is 12.1. The molecule has 1 N–H and O–H groups in total. The number of rotatable bonds is 4. The minimum atomic E-state index is -0.199. The third-order valence-corrected chi connectivity index (χ3v) is 3.90. The molecule has 2 aromatic carbocycles. The SMILES string of the molecule is O=C(NCc1cccc(CBr)c1)c1cc2ccccc2o1. The third-order valence-electron chi connectivity index (χ3n) is 3.25. The van der Waals surface area contributed by atoms with Gasteiger partial charge >= 0.3 is 0 Å². The van der Waals surface area contributed by atoms with Gasteiger partial charge in [-0.2, -0.15) is 0 Å². The Bertz CT molecular complexity index is 746. The maximum Gasteiger partial charge on any atom is 0.287 e. The van der Waals surface area contributed by atoms with E-state index in [1.54, 1.807) is 6.07 Å². The summed E-state index contributed by atoms with van der Waals surface area (Å²) in [5.41, 5.74) is 2.98. The average molecular weight is 344 g/mol. The van der Waals surface area contributed by atoms with Crippen molar-refractivity contribution < 1.29 is 9.21 Å². The van der Waals surface area contributed by atoms with Gasteiger partial charge in [0.05, 0.1) is 0 Å². The summed E-state index contributed by atoms with van der Waals surface area (Å²) >= 11 is 3.43. The predicted octanol–water partition coefficient (Wildman–Crippen LogP) is 4.26. The summed E-state index contributed by atoms with van der Waals surface area (Å²) in [6.07, 6.45) is 0. The largest absolute Gasteiger partial charge is 0.451 e. The summed E-state index contributed by atoms with van der Waals surface area (Å²) in [7, 11) is 0. The van der Waals surface area contributed by atoms with Gasteiger partial charge in [-0.3, -0.25) is 4.79 Å². The summed E-state index contributed by atoms with van der Waals surface area (Å²) in [4.78, 5) is 12.1. The van der Waals surface area contributed by atoms with Gasteiger partial charge in [0.1, 0.15) is 5.58 Å². The fraction of sp³-hybridized carbons (Fsp3) is 0.118. The Morgan fingerprint density at radius 2 is 1.86 bits per heavy atom. The van der Waals surface area contributed by atoms with Gasteiger partial charge in [0.15, 0.2) is 5.76 Å². The van der Waals surface area contributed by atoms with Crippen LogP contribution in [0.15, 0.2) is 59.0 Å². The quantitative estimate of drug-likeness (QED) is 0.719. The molecule has 0 aliphatic rings. The van der Waals surface area contributed by atoms with Gasteiger partial charge in [0, 0.05) is 17.3 Å². The van der Waals surface area contributed by atoms with E-state index in [1.807, 2.05) is 42.5 Å². The lowest BCUT2D eigenvalue weighted by Gasteiger charge is -2.04.